The molecule has 1 aromatic carbocycles. The van der Waals surface area contributed by atoms with Crippen LogP contribution in [0, 0.1) is 0 Å². The summed E-state index contributed by atoms with van der Waals surface area (Å²) in [5.41, 5.74) is 0.830. The maximum atomic E-state index is 6.16. The average Bonchev–Trinajstić information content (AvgIpc) is 2.81. The normalized spacial score (nSPS) is 12.6. The minimum atomic E-state index is 0.388. The number of furan rings is 1. The molecule has 2 nitrogen and oxygen atoms in total. The summed E-state index contributed by atoms with van der Waals surface area (Å²) < 4.78 is 5.84. The van der Waals surface area contributed by atoms with E-state index in [9.17, 15) is 0 Å². The third-order valence-electron chi connectivity index (χ3n) is 2.92. The molecule has 0 bridgehead atoms. The molecule has 1 N–H and O–H groups in total. The second kappa shape index (κ2) is 6.47. The van der Waals surface area contributed by atoms with Gasteiger partial charge in [0.05, 0.1) is 5.02 Å². The van der Waals surface area contributed by atoms with Crippen LogP contribution in [0.15, 0.2) is 34.7 Å². The zero-order valence-electron chi connectivity index (χ0n) is 11.0. The molecule has 0 aliphatic heterocycles. The number of halogens is 2. The molecule has 1 atom stereocenters. The van der Waals surface area contributed by atoms with E-state index >= 15 is 0 Å². The van der Waals surface area contributed by atoms with Crippen molar-refractivity contribution in [2.24, 2.45) is 0 Å². The maximum absolute atomic E-state index is 6.16. The number of likely N-dealkylation sites (N-methyl/N-ethyl adjacent to an activating group) is 1. The van der Waals surface area contributed by atoms with E-state index in [0.29, 0.717) is 16.1 Å². The first kappa shape index (κ1) is 14.4. The van der Waals surface area contributed by atoms with Crippen LogP contribution in [0.2, 0.25) is 10.0 Å². The molecule has 1 unspecified atom stereocenters. The van der Waals surface area contributed by atoms with Gasteiger partial charge in [0.2, 0.25) is 0 Å². The van der Waals surface area contributed by atoms with Crippen molar-refractivity contribution in [1.29, 1.82) is 0 Å². The fraction of sp³-hybridized carbons (Fsp3) is 0.333. The van der Waals surface area contributed by atoms with Gasteiger partial charge in [-0.3, -0.25) is 0 Å². The van der Waals surface area contributed by atoms with Crippen LogP contribution in [-0.4, -0.2) is 12.6 Å². The molecule has 0 saturated carbocycles. The Balaban J connectivity index is 2.18. The lowest BCUT2D eigenvalue weighted by Crippen LogP contribution is -2.27. The highest BCUT2D eigenvalue weighted by Gasteiger charge is 2.11. The molecule has 0 amide bonds. The lowest BCUT2D eigenvalue weighted by atomic mass is 10.2. The summed E-state index contributed by atoms with van der Waals surface area (Å²) in [5, 5.41) is 4.65. The van der Waals surface area contributed by atoms with Gasteiger partial charge in [0.15, 0.2) is 0 Å². The van der Waals surface area contributed by atoms with Gasteiger partial charge in [0.25, 0.3) is 0 Å². The van der Waals surface area contributed by atoms with Crippen molar-refractivity contribution in [1.82, 2.24) is 5.32 Å². The Morgan fingerprint density at radius 3 is 2.74 bits per heavy atom. The minimum absolute atomic E-state index is 0.388. The van der Waals surface area contributed by atoms with Crippen LogP contribution in [0.1, 0.15) is 19.6 Å². The smallest absolute Gasteiger partial charge is 0.135 e. The summed E-state index contributed by atoms with van der Waals surface area (Å²) in [7, 11) is 0. The summed E-state index contributed by atoms with van der Waals surface area (Å²) in [6.45, 7) is 5.18. The zero-order chi connectivity index (χ0) is 13.8. The monoisotopic (exact) mass is 297 g/mol. The van der Waals surface area contributed by atoms with E-state index in [1.54, 1.807) is 12.1 Å². The van der Waals surface area contributed by atoms with Crippen LogP contribution < -0.4 is 5.32 Å². The molecule has 2 aromatic rings. The summed E-state index contributed by atoms with van der Waals surface area (Å²) in [5.74, 6) is 1.70. The van der Waals surface area contributed by atoms with Crippen molar-refractivity contribution in [3.8, 4) is 11.3 Å². The number of hydrogen-bond acceptors (Lipinski definition) is 2. The Morgan fingerprint density at radius 1 is 1.21 bits per heavy atom. The molecule has 1 heterocycles. The summed E-state index contributed by atoms with van der Waals surface area (Å²) in [6.07, 6.45) is 0.853. The number of hydrogen-bond donors (Lipinski definition) is 1. The van der Waals surface area contributed by atoms with Gasteiger partial charge in [-0.15, -0.1) is 0 Å². The Labute approximate surface area is 123 Å². The third-order valence-corrected chi connectivity index (χ3v) is 3.48. The lowest BCUT2D eigenvalue weighted by molar-refractivity contribution is 0.470. The van der Waals surface area contributed by atoms with Crippen LogP contribution >= 0.6 is 23.2 Å². The first-order valence-electron chi connectivity index (χ1n) is 6.37. The van der Waals surface area contributed by atoms with E-state index in [1.807, 2.05) is 18.2 Å². The highest BCUT2D eigenvalue weighted by molar-refractivity contribution is 6.35. The van der Waals surface area contributed by atoms with Crippen LogP contribution in [0.5, 0.6) is 0 Å². The van der Waals surface area contributed by atoms with E-state index < -0.39 is 0 Å². The van der Waals surface area contributed by atoms with Gasteiger partial charge in [-0.1, -0.05) is 30.1 Å². The van der Waals surface area contributed by atoms with Crippen LogP contribution in [0.25, 0.3) is 11.3 Å². The maximum Gasteiger partial charge on any atom is 0.135 e. The van der Waals surface area contributed by atoms with Gasteiger partial charge >= 0.3 is 0 Å². The first-order valence-corrected chi connectivity index (χ1v) is 7.13. The second-order valence-corrected chi connectivity index (χ2v) is 5.40. The van der Waals surface area contributed by atoms with Gasteiger partial charge in [-0.05, 0) is 43.8 Å². The summed E-state index contributed by atoms with van der Waals surface area (Å²) in [4.78, 5) is 0. The fourth-order valence-electron chi connectivity index (χ4n) is 2.04. The van der Waals surface area contributed by atoms with E-state index in [4.69, 9.17) is 27.6 Å². The molecule has 0 aliphatic rings. The Morgan fingerprint density at radius 2 is 2.00 bits per heavy atom. The SMILES string of the molecule is CCNC(C)Cc1ccc(-c2cc(Cl)ccc2Cl)o1. The minimum Gasteiger partial charge on any atom is -0.461 e. The Hall–Kier alpha value is -0.960. The highest BCUT2D eigenvalue weighted by atomic mass is 35.5. The molecular formula is C15H17Cl2NO. The Kier molecular flexibility index (Phi) is 4.92. The van der Waals surface area contributed by atoms with Crippen LogP contribution in [-0.2, 0) is 6.42 Å². The fourth-order valence-corrected chi connectivity index (χ4v) is 2.42. The van der Waals surface area contributed by atoms with Crippen molar-refractivity contribution < 1.29 is 4.42 Å². The number of nitrogens with one attached hydrogen (secondary N) is 1. The molecule has 0 fully saturated rings. The van der Waals surface area contributed by atoms with E-state index in [2.05, 4.69) is 19.2 Å². The Bertz CT molecular complexity index is 551. The molecule has 0 spiro atoms. The van der Waals surface area contributed by atoms with Gasteiger partial charge in [-0.2, -0.15) is 0 Å². The van der Waals surface area contributed by atoms with Gasteiger partial charge in [0, 0.05) is 23.0 Å². The number of benzene rings is 1. The van der Waals surface area contributed by atoms with Crippen molar-refractivity contribution in [3.05, 3.63) is 46.1 Å². The predicted molar refractivity (Wildman–Crippen MR) is 81.0 cm³/mol. The van der Waals surface area contributed by atoms with Gasteiger partial charge in [0.1, 0.15) is 11.5 Å². The summed E-state index contributed by atoms with van der Waals surface area (Å²) >= 11 is 12.2. The molecule has 102 valence electrons. The van der Waals surface area contributed by atoms with E-state index in [1.165, 1.54) is 0 Å². The van der Waals surface area contributed by atoms with Crippen LogP contribution in [0.4, 0.5) is 0 Å². The zero-order valence-corrected chi connectivity index (χ0v) is 12.6. The average molecular weight is 298 g/mol. The molecule has 2 rings (SSSR count). The van der Waals surface area contributed by atoms with Crippen LogP contribution in [0.3, 0.4) is 0 Å². The van der Waals surface area contributed by atoms with E-state index in [0.717, 1.165) is 30.0 Å². The topological polar surface area (TPSA) is 25.2 Å². The molecule has 0 saturated heterocycles. The van der Waals surface area contributed by atoms with Crippen molar-refractivity contribution in [2.45, 2.75) is 26.3 Å². The quantitative estimate of drug-likeness (QED) is 0.858. The first-order chi connectivity index (χ1) is 9.10. The molecule has 0 aliphatic carbocycles. The van der Waals surface area contributed by atoms with Crippen molar-refractivity contribution in [2.75, 3.05) is 6.54 Å². The second-order valence-electron chi connectivity index (χ2n) is 4.55. The molecular weight excluding hydrogens is 281 g/mol. The standard InChI is InChI=1S/C15H17Cl2NO/c1-3-18-10(2)8-12-5-7-15(19-12)13-9-11(16)4-6-14(13)17/h4-7,9-10,18H,3,8H2,1-2H3. The largest absolute Gasteiger partial charge is 0.461 e. The number of rotatable bonds is 5. The van der Waals surface area contributed by atoms with Crippen molar-refractivity contribution >= 4 is 23.2 Å². The molecule has 4 heteroatoms. The molecule has 0 radical (unpaired) electrons. The summed E-state index contributed by atoms with van der Waals surface area (Å²) in [6, 6.07) is 9.68. The molecule has 19 heavy (non-hydrogen) atoms. The van der Waals surface area contributed by atoms with Crippen molar-refractivity contribution in [3.63, 3.8) is 0 Å². The molecule has 1 aromatic heterocycles. The highest BCUT2D eigenvalue weighted by Crippen LogP contribution is 2.31. The van der Waals surface area contributed by atoms with Gasteiger partial charge in [-0.25, -0.2) is 0 Å². The third kappa shape index (κ3) is 3.75. The van der Waals surface area contributed by atoms with Gasteiger partial charge < -0.3 is 9.73 Å². The van der Waals surface area contributed by atoms with E-state index in [-0.39, 0.29) is 0 Å². The predicted octanol–water partition coefficient (Wildman–Crippen LogP) is 4.79. The lowest BCUT2D eigenvalue weighted by Gasteiger charge is -2.09.